The summed E-state index contributed by atoms with van der Waals surface area (Å²) in [6.07, 6.45) is 8.99. The van der Waals surface area contributed by atoms with Crippen LogP contribution in [0.4, 0.5) is 4.79 Å². The molecule has 1 saturated heterocycles. The molecule has 2 heterocycles. The minimum absolute atomic E-state index is 0.0105. The molecule has 1 aromatic heterocycles. The molecule has 8 heteroatoms. The Kier molecular flexibility index (Phi) is 5.88. The van der Waals surface area contributed by atoms with Crippen LogP contribution in [0.1, 0.15) is 62.4 Å². The Bertz CT molecular complexity index is 596. The van der Waals surface area contributed by atoms with E-state index in [-0.39, 0.29) is 24.0 Å². The van der Waals surface area contributed by atoms with Gasteiger partial charge >= 0.3 is 6.03 Å². The zero-order valence-corrected chi connectivity index (χ0v) is 14.9. The molecule has 0 spiro atoms. The van der Waals surface area contributed by atoms with Crippen molar-refractivity contribution in [2.45, 2.75) is 70.5 Å². The molecule has 2 aliphatic rings. The van der Waals surface area contributed by atoms with Crippen molar-refractivity contribution in [1.29, 1.82) is 0 Å². The normalized spacial score (nSPS) is 20.8. The molecule has 1 atom stereocenters. The van der Waals surface area contributed by atoms with Crippen molar-refractivity contribution in [2.24, 2.45) is 0 Å². The van der Waals surface area contributed by atoms with E-state index < -0.39 is 0 Å². The van der Waals surface area contributed by atoms with Gasteiger partial charge in [0.1, 0.15) is 0 Å². The number of likely N-dealkylation sites (tertiary alicyclic amines) is 1. The minimum atomic E-state index is -0.151. The fourth-order valence-corrected chi connectivity index (χ4v) is 3.66. The lowest BCUT2D eigenvalue weighted by atomic mass is 10.2. The zero-order valence-electron chi connectivity index (χ0n) is 14.9. The van der Waals surface area contributed by atoms with Crippen molar-refractivity contribution < 1.29 is 9.59 Å². The second-order valence-corrected chi connectivity index (χ2v) is 7.00. The second-order valence-electron chi connectivity index (χ2n) is 7.00. The summed E-state index contributed by atoms with van der Waals surface area (Å²) >= 11 is 0. The minimum Gasteiger partial charge on any atom is -0.348 e. The first kappa shape index (κ1) is 17.7. The molecule has 2 N–H and O–H groups in total. The molecule has 8 nitrogen and oxygen atoms in total. The van der Waals surface area contributed by atoms with Crippen molar-refractivity contribution in [1.82, 2.24) is 30.5 Å². The molecule has 1 aromatic rings. The van der Waals surface area contributed by atoms with E-state index in [1.54, 1.807) is 10.9 Å². The van der Waals surface area contributed by atoms with Crippen LogP contribution in [-0.2, 0) is 6.54 Å². The van der Waals surface area contributed by atoms with Crippen LogP contribution in [0.3, 0.4) is 0 Å². The Hall–Kier alpha value is -2.12. The number of hydrogen-bond donors (Lipinski definition) is 2. The third kappa shape index (κ3) is 4.49. The Morgan fingerprint density at radius 2 is 2.04 bits per heavy atom. The van der Waals surface area contributed by atoms with Gasteiger partial charge in [-0.3, -0.25) is 4.79 Å². The van der Waals surface area contributed by atoms with Crippen LogP contribution in [0.2, 0.25) is 0 Å². The monoisotopic (exact) mass is 348 g/mol. The maximum Gasteiger partial charge on any atom is 0.317 e. The molecule has 0 radical (unpaired) electrons. The maximum absolute atomic E-state index is 12.2. The van der Waals surface area contributed by atoms with Crippen LogP contribution < -0.4 is 10.6 Å². The Labute approximate surface area is 148 Å². The van der Waals surface area contributed by atoms with Gasteiger partial charge in [-0.2, -0.15) is 0 Å². The van der Waals surface area contributed by atoms with Crippen LogP contribution in [0.5, 0.6) is 0 Å². The Balaban J connectivity index is 1.54. The van der Waals surface area contributed by atoms with Gasteiger partial charge in [-0.1, -0.05) is 25.0 Å². The molecule has 0 unspecified atom stereocenters. The fraction of sp³-hybridized carbons (Fsp3) is 0.765. The molecule has 3 rings (SSSR count). The maximum atomic E-state index is 12.2. The molecule has 1 aliphatic heterocycles. The van der Waals surface area contributed by atoms with E-state index in [1.165, 1.54) is 12.8 Å². The third-order valence-corrected chi connectivity index (χ3v) is 5.02. The molecule has 0 bridgehead atoms. The highest BCUT2D eigenvalue weighted by Gasteiger charge is 2.29. The zero-order chi connectivity index (χ0) is 17.6. The average molecular weight is 348 g/mol. The van der Waals surface area contributed by atoms with Crippen molar-refractivity contribution >= 4 is 11.9 Å². The molecule has 1 saturated carbocycles. The summed E-state index contributed by atoms with van der Waals surface area (Å²) in [6.45, 7) is 4.07. The van der Waals surface area contributed by atoms with E-state index in [2.05, 4.69) is 20.9 Å². The SMILES string of the molecule is CCCNC(=O)N1CCC[C@H]1Cn1cc(C(=O)NC2CCCC2)nn1. The van der Waals surface area contributed by atoms with E-state index in [0.717, 1.165) is 38.6 Å². The first-order chi connectivity index (χ1) is 12.2. The quantitative estimate of drug-likeness (QED) is 0.815. The Morgan fingerprint density at radius 1 is 1.24 bits per heavy atom. The predicted molar refractivity (Wildman–Crippen MR) is 93.2 cm³/mol. The topological polar surface area (TPSA) is 92.2 Å². The van der Waals surface area contributed by atoms with Gasteiger partial charge in [0.15, 0.2) is 5.69 Å². The molecule has 1 aliphatic carbocycles. The summed E-state index contributed by atoms with van der Waals surface area (Å²) in [5, 5.41) is 14.0. The predicted octanol–water partition coefficient (Wildman–Crippen LogP) is 1.53. The number of nitrogens with one attached hydrogen (secondary N) is 2. The number of carbonyl (C=O) groups excluding carboxylic acids is 2. The molecule has 3 amide bonds. The number of carbonyl (C=O) groups is 2. The van der Waals surface area contributed by atoms with Gasteiger partial charge < -0.3 is 15.5 Å². The summed E-state index contributed by atoms with van der Waals surface area (Å²) < 4.78 is 1.68. The number of nitrogens with zero attached hydrogens (tertiary/aromatic N) is 4. The average Bonchev–Trinajstić information content (AvgIpc) is 3.34. The van der Waals surface area contributed by atoms with Crippen LogP contribution >= 0.6 is 0 Å². The first-order valence-corrected chi connectivity index (χ1v) is 9.43. The van der Waals surface area contributed by atoms with Gasteiger partial charge in [0.2, 0.25) is 0 Å². The van der Waals surface area contributed by atoms with E-state index >= 15 is 0 Å². The molecular weight excluding hydrogens is 320 g/mol. The smallest absolute Gasteiger partial charge is 0.317 e. The van der Waals surface area contributed by atoms with Gasteiger partial charge in [0, 0.05) is 19.1 Å². The largest absolute Gasteiger partial charge is 0.348 e. The summed E-state index contributed by atoms with van der Waals surface area (Å²) in [4.78, 5) is 26.3. The summed E-state index contributed by atoms with van der Waals surface area (Å²) in [5.41, 5.74) is 0.354. The standard InChI is InChI=1S/C17H28N6O2/c1-2-9-18-17(25)23-10-5-8-14(23)11-22-12-15(20-21-22)16(24)19-13-6-3-4-7-13/h12-14H,2-11H2,1H3,(H,18,25)(H,19,24)/t14-/m0/s1. The number of hydrogen-bond acceptors (Lipinski definition) is 4. The Morgan fingerprint density at radius 3 is 2.80 bits per heavy atom. The van der Waals surface area contributed by atoms with Crippen molar-refractivity contribution in [3.63, 3.8) is 0 Å². The highest BCUT2D eigenvalue weighted by molar-refractivity contribution is 5.92. The summed E-state index contributed by atoms with van der Waals surface area (Å²) in [5.74, 6) is -0.151. The molecular formula is C17H28N6O2. The summed E-state index contributed by atoms with van der Waals surface area (Å²) in [6, 6.07) is 0.359. The summed E-state index contributed by atoms with van der Waals surface area (Å²) in [7, 11) is 0. The fourth-order valence-electron chi connectivity index (χ4n) is 3.66. The van der Waals surface area contributed by atoms with Gasteiger partial charge in [-0.25, -0.2) is 9.48 Å². The lowest BCUT2D eigenvalue weighted by Gasteiger charge is -2.24. The van der Waals surface area contributed by atoms with Crippen molar-refractivity contribution in [3.05, 3.63) is 11.9 Å². The lowest BCUT2D eigenvalue weighted by Crippen LogP contribution is -2.44. The molecule has 0 aromatic carbocycles. The van der Waals surface area contributed by atoms with E-state index in [9.17, 15) is 9.59 Å². The van der Waals surface area contributed by atoms with Crippen LogP contribution in [-0.4, -0.2) is 57.0 Å². The number of urea groups is 1. The van der Waals surface area contributed by atoms with Crippen molar-refractivity contribution in [2.75, 3.05) is 13.1 Å². The highest BCUT2D eigenvalue weighted by atomic mass is 16.2. The molecule has 2 fully saturated rings. The van der Waals surface area contributed by atoms with Gasteiger partial charge in [-0.05, 0) is 32.1 Å². The first-order valence-electron chi connectivity index (χ1n) is 9.43. The molecule has 25 heavy (non-hydrogen) atoms. The van der Waals surface area contributed by atoms with Gasteiger partial charge in [0.05, 0.1) is 18.8 Å². The second kappa shape index (κ2) is 8.31. The number of rotatable bonds is 6. The van der Waals surface area contributed by atoms with E-state index in [1.807, 2.05) is 11.8 Å². The van der Waals surface area contributed by atoms with Crippen LogP contribution in [0, 0.1) is 0 Å². The van der Waals surface area contributed by atoms with Gasteiger partial charge in [-0.15, -0.1) is 5.10 Å². The van der Waals surface area contributed by atoms with Crippen molar-refractivity contribution in [3.8, 4) is 0 Å². The number of aromatic nitrogens is 3. The molecule has 138 valence electrons. The van der Waals surface area contributed by atoms with Gasteiger partial charge in [0.25, 0.3) is 5.91 Å². The number of amides is 3. The highest BCUT2D eigenvalue weighted by Crippen LogP contribution is 2.19. The lowest BCUT2D eigenvalue weighted by molar-refractivity contribution is 0.0932. The van der Waals surface area contributed by atoms with E-state index in [0.29, 0.717) is 18.8 Å². The third-order valence-electron chi connectivity index (χ3n) is 5.02. The van der Waals surface area contributed by atoms with E-state index in [4.69, 9.17) is 0 Å². The van der Waals surface area contributed by atoms with Crippen LogP contribution in [0.25, 0.3) is 0 Å². The van der Waals surface area contributed by atoms with Crippen LogP contribution in [0.15, 0.2) is 6.20 Å².